The van der Waals surface area contributed by atoms with Crippen molar-refractivity contribution in [1.82, 2.24) is 14.5 Å². The lowest BCUT2D eigenvalue weighted by Gasteiger charge is -2.11. The van der Waals surface area contributed by atoms with Crippen molar-refractivity contribution >= 4 is 28.5 Å². The fourth-order valence-electron chi connectivity index (χ4n) is 2.67. The second-order valence-corrected chi connectivity index (χ2v) is 5.72. The molecule has 0 spiro atoms. The van der Waals surface area contributed by atoms with E-state index in [4.69, 9.17) is 5.73 Å². The van der Waals surface area contributed by atoms with Crippen molar-refractivity contribution < 1.29 is 9.59 Å². The Morgan fingerprint density at radius 3 is 2.72 bits per heavy atom. The molecule has 1 aromatic carbocycles. The van der Waals surface area contributed by atoms with Gasteiger partial charge in [-0.1, -0.05) is 12.1 Å². The molecule has 8 heteroatoms. The van der Waals surface area contributed by atoms with Crippen LogP contribution in [0.25, 0.3) is 11.0 Å². The largest absolute Gasteiger partial charge is 0.366 e. The number of H-pyrrole nitrogens is 1. The van der Waals surface area contributed by atoms with Gasteiger partial charge in [0.2, 0.25) is 5.91 Å². The predicted molar refractivity (Wildman–Crippen MR) is 93.4 cm³/mol. The minimum atomic E-state index is -0.643. The highest BCUT2D eigenvalue weighted by molar-refractivity contribution is 6.02. The van der Waals surface area contributed by atoms with Gasteiger partial charge >= 0.3 is 0 Å². The fourth-order valence-corrected chi connectivity index (χ4v) is 2.67. The van der Waals surface area contributed by atoms with E-state index >= 15 is 0 Å². The van der Waals surface area contributed by atoms with Crippen molar-refractivity contribution in [3.63, 3.8) is 0 Å². The van der Waals surface area contributed by atoms with Gasteiger partial charge in [-0.2, -0.15) is 0 Å². The van der Waals surface area contributed by atoms with Gasteiger partial charge < -0.3 is 16.0 Å². The SMILES string of the molecule is Cc1cc2c(=O)n(CC(=O)Nc3ccccc3C(N)=O)c(C)nc2[nH]1. The van der Waals surface area contributed by atoms with Crippen LogP contribution in [-0.2, 0) is 11.3 Å². The van der Waals surface area contributed by atoms with Crippen LogP contribution in [0.4, 0.5) is 5.69 Å². The summed E-state index contributed by atoms with van der Waals surface area (Å²) in [4.78, 5) is 43.7. The molecule has 0 unspecified atom stereocenters. The van der Waals surface area contributed by atoms with Crippen LogP contribution in [0.2, 0.25) is 0 Å². The summed E-state index contributed by atoms with van der Waals surface area (Å²) < 4.78 is 1.29. The molecule has 0 radical (unpaired) electrons. The summed E-state index contributed by atoms with van der Waals surface area (Å²) in [5, 5.41) is 3.04. The fraction of sp³-hybridized carbons (Fsp3) is 0.176. The van der Waals surface area contributed by atoms with E-state index in [1.807, 2.05) is 6.92 Å². The zero-order valence-corrected chi connectivity index (χ0v) is 13.8. The van der Waals surface area contributed by atoms with Crippen molar-refractivity contribution in [2.45, 2.75) is 20.4 Å². The third-order valence-corrected chi connectivity index (χ3v) is 3.84. The number of carbonyl (C=O) groups is 2. The molecule has 0 saturated carbocycles. The van der Waals surface area contributed by atoms with E-state index in [0.29, 0.717) is 22.5 Å². The average Bonchev–Trinajstić information content (AvgIpc) is 2.92. The molecule has 0 fully saturated rings. The molecule has 25 heavy (non-hydrogen) atoms. The Hall–Kier alpha value is -3.42. The summed E-state index contributed by atoms with van der Waals surface area (Å²) in [5.41, 5.74) is 6.81. The first kappa shape index (κ1) is 16.4. The normalized spacial score (nSPS) is 10.8. The van der Waals surface area contributed by atoms with Crippen LogP contribution in [0.1, 0.15) is 21.9 Å². The number of hydrogen-bond acceptors (Lipinski definition) is 4. The molecule has 0 aliphatic heterocycles. The number of nitrogens with two attached hydrogens (primary N) is 1. The van der Waals surface area contributed by atoms with E-state index in [1.54, 1.807) is 31.2 Å². The topological polar surface area (TPSA) is 123 Å². The Kier molecular flexibility index (Phi) is 4.10. The first-order chi connectivity index (χ1) is 11.9. The van der Waals surface area contributed by atoms with Crippen LogP contribution in [0.15, 0.2) is 35.1 Å². The standard InChI is InChI=1S/C17H17N5O3/c1-9-7-12-16(19-9)20-10(2)22(17(12)25)8-14(23)21-13-6-4-3-5-11(13)15(18)24/h3-7,19H,8H2,1-2H3,(H2,18,24)(H,21,23). The summed E-state index contributed by atoms with van der Waals surface area (Å²) in [5.74, 6) is -0.680. The molecule has 8 nitrogen and oxygen atoms in total. The number of primary amides is 1. The van der Waals surface area contributed by atoms with Crippen LogP contribution in [0.3, 0.4) is 0 Å². The minimum Gasteiger partial charge on any atom is -0.366 e. The maximum atomic E-state index is 12.6. The molecule has 0 bridgehead atoms. The van der Waals surface area contributed by atoms with Crippen molar-refractivity contribution in [2.75, 3.05) is 5.32 Å². The summed E-state index contributed by atoms with van der Waals surface area (Å²) in [6, 6.07) is 8.11. The molecule has 2 aromatic heterocycles. The molecule has 2 amide bonds. The number of para-hydroxylation sites is 1. The molecule has 3 aromatic rings. The summed E-state index contributed by atoms with van der Waals surface area (Å²) in [7, 11) is 0. The third-order valence-electron chi connectivity index (χ3n) is 3.84. The van der Waals surface area contributed by atoms with Crippen LogP contribution in [0.5, 0.6) is 0 Å². The van der Waals surface area contributed by atoms with E-state index in [9.17, 15) is 14.4 Å². The first-order valence-corrected chi connectivity index (χ1v) is 7.62. The van der Waals surface area contributed by atoms with E-state index in [1.165, 1.54) is 10.6 Å². The maximum Gasteiger partial charge on any atom is 0.263 e. The highest BCUT2D eigenvalue weighted by Gasteiger charge is 2.15. The maximum absolute atomic E-state index is 12.6. The number of carbonyl (C=O) groups excluding carboxylic acids is 2. The van der Waals surface area contributed by atoms with Crippen LogP contribution in [0, 0.1) is 13.8 Å². The second kappa shape index (κ2) is 6.23. The Labute approximate surface area is 142 Å². The highest BCUT2D eigenvalue weighted by Crippen LogP contribution is 2.14. The number of nitrogens with zero attached hydrogens (tertiary/aromatic N) is 2. The average molecular weight is 339 g/mol. The second-order valence-electron chi connectivity index (χ2n) is 5.72. The van der Waals surface area contributed by atoms with Gasteiger partial charge in [0.15, 0.2) is 0 Å². The molecule has 3 rings (SSSR count). The Balaban J connectivity index is 1.90. The number of aromatic amines is 1. The van der Waals surface area contributed by atoms with Gasteiger partial charge in [0.25, 0.3) is 11.5 Å². The molecule has 128 valence electrons. The Morgan fingerprint density at radius 1 is 1.28 bits per heavy atom. The Bertz CT molecular complexity index is 1050. The molecule has 4 N–H and O–H groups in total. The monoisotopic (exact) mass is 339 g/mol. The number of aryl methyl sites for hydroxylation is 2. The quantitative estimate of drug-likeness (QED) is 0.658. The molecule has 0 saturated heterocycles. The van der Waals surface area contributed by atoms with Gasteiger partial charge in [-0.15, -0.1) is 0 Å². The van der Waals surface area contributed by atoms with Crippen molar-refractivity contribution in [3.8, 4) is 0 Å². The van der Waals surface area contributed by atoms with Gasteiger partial charge in [0, 0.05) is 5.69 Å². The van der Waals surface area contributed by atoms with Crippen LogP contribution in [-0.4, -0.2) is 26.3 Å². The highest BCUT2D eigenvalue weighted by atomic mass is 16.2. The van der Waals surface area contributed by atoms with Crippen LogP contribution < -0.4 is 16.6 Å². The van der Waals surface area contributed by atoms with E-state index in [0.717, 1.165) is 5.69 Å². The van der Waals surface area contributed by atoms with Gasteiger partial charge in [0.05, 0.1) is 16.6 Å². The smallest absolute Gasteiger partial charge is 0.263 e. The van der Waals surface area contributed by atoms with Crippen LogP contribution >= 0.6 is 0 Å². The molecule has 0 aliphatic rings. The third kappa shape index (κ3) is 3.14. The molecule has 0 atom stereocenters. The van der Waals surface area contributed by atoms with Crippen molar-refractivity contribution in [1.29, 1.82) is 0 Å². The number of amides is 2. The zero-order valence-electron chi connectivity index (χ0n) is 13.8. The zero-order chi connectivity index (χ0) is 18.1. The molecular formula is C17H17N5O3. The Morgan fingerprint density at radius 2 is 2.00 bits per heavy atom. The molecule has 0 aliphatic carbocycles. The first-order valence-electron chi connectivity index (χ1n) is 7.62. The number of aromatic nitrogens is 3. The van der Waals surface area contributed by atoms with E-state index in [-0.39, 0.29) is 17.7 Å². The van der Waals surface area contributed by atoms with E-state index in [2.05, 4.69) is 15.3 Å². The lowest BCUT2D eigenvalue weighted by molar-refractivity contribution is -0.116. The van der Waals surface area contributed by atoms with E-state index < -0.39 is 11.8 Å². The number of rotatable bonds is 4. The van der Waals surface area contributed by atoms with Gasteiger partial charge in [-0.05, 0) is 32.0 Å². The van der Waals surface area contributed by atoms with Crippen molar-refractivity contribution in [2.24, 2.45) is 5.73 Å². The number of fused-ring (bicyclic) bond motifs is 1. The lowest BCUT2D eigenvalue weighted by Crippen LogP contribution is -2.30. The summed E-state index contributed by atoms with van der Waals surface area (Å²) in [6.45, 7) is 3.26. The number of anilines is 1. The summed E-state index contributed by atoms with van der Waals surface area (Å²) in [6.07, 6.45) is 0. The molecule has 2 heterocycles. The van der Waals surface area contributed by atoms with Gasteiger partial charge in [-0.3, -0.25) is 19.0 Å². The summed E-state index contributed by atoms with van der Waals surface area (Å²) >= 11 is 0. The van der Waals surface area contributed by atoms with Gasteiger partial charge in [0.1, 0.15) is 18.0 Å². The number of nitrogens with one attached hydrogen (secondary N) is 2. The van der Waals surface area contributed by atoms with Crippen molar-refractivity contribution in [3.05, 3.63) is 57.8 Å². The molecular weight excluding hydrogens is 322 g/mol. The minimum absolute atomic E-state index is 0.203. The number of hydrogen-bond donors (Lipinski definition) is 3. The predicted octanol–water partition coefficient (Wildman–Crippen LogP) is 1.08. The van der Waals surface area contributed by atoms with Gasteiger partial charge in [-0.25, -0.2) is 4.98 Å². The number of benzene rings is 1. The lowest BCUT2D eigenvalue weighted by atomic mass is 10.1.